The molecule has 0 atom stereocenters. The van der Waals surface area contributed by atoms with Crippen LogP contribution in [0.5, 0.6) is 0 Å². The second-order valence-corrected chi connectivity index (χ2v) is 5.00. The Morgan fingerprint density at radius 2 is 2.12 bits per heavy atom. The number of benzene rings is 1. The molecule has 0 saturated heterocycles. The van der Waals surface area contributed by atoms with E-state index >= 15 is 0 Å². The van der Waals surface area contributed by atoms with E-state index in [0.717, 1.165) is 12.8 Å². The Labute approximate surface area is 107 Å². The minimum Gasteiger partial charge on any atom is -0.399 e. The zero-order chi connectivity index (χ0) is 12.8. The smallest absolute Gasteiger partial charge is 0.251 e. The first-order valence-electron chi connectivity index (χ1n) is 5.83. The summed E-state index contributed by atoms with van der Waals surface area (Å²) >= 11 is 5.84. The van der Waals surface area contributed by atoms with Gasteiger partial charge in [0.25, 0.3) is 5.91 Å². The van der Waals surface area contributed by atoms with Crippen LogP contribution in [0.3, 0.4) is 0 Å². The van der Waals surface area contributed by atoms with Crippen molar-refractivity contribution < 1.29 is 4.79 Å². The summed E-state index contributed by atoms with van der Waals surface area (Å²) in [6.45, 7) is 5.02. The van der Waals surface area contributed by atoms with Crippen molar-refractivity contribution in [2.45, 2.75) is 26.7 Å². The number of anilines is 1. The van der Waals surface area contributed by atoms with Crippen LogP contribution in [0, 0.1) is 5.92 Å². The maximum atomic E-state index is 11.8. The highest BCUT2D eigenvalue weighted by Gasteiger charge is 2.06. The first-order chi connectivity index (χ1) is 7.99. The highest BCUT2D eigenvalue weighted by atomic mass is 35.5. The topological polar surface area (TPSA) is 55.1 Å². The van der Waals surface area contributed by atoms with Gasteiger partial charge in [-0.15, -0.1) is 0 Å². The van der Waals surface area contributed by atoms with Crippen LogP contribution in [0.4, 0.5) is 5.69 Å². The number of rotatable bonds is 5. The van der Waals surface area contributed by atoms with Crippen molar-refractivity contribution in [3.8, 4) is 0 Å². The molecule has 1 aromatic carbocycles. The van der Waals surface area contributed by atoms with E-state index in [1.54, 1.807) is 18.2 Å². The van der Waals surface area contributed by atoms with E-state index in [1.165, 1.54) is 0 Å². The number of nitrogens with two attached hydrogens (primary N) is 1. The Kier molecular flexibility index (Phi) is 5.29. The van der Waals surface area contributed by atoms with Crippen LogP contribution < -0.4 is 11.1 Å². The van der Waals surface area contributed by atoms with Crippen molar-refractivity contribution in [1.82, 2.24) is 5.32 Å². The summed E-state index contributed by atoms with van der Waals surface area (Å²) in [6, 6.07) is 4.87. The van der Waals surface area contributed by atoms with Crippen LogP contribution in [-0.2, 0) is 0 Å². The molecule has 3 N–H and O–H groups in total. The van der Waals surface area contributed by atoms with Gasteiger partial charge in [-0.05, 0) is 37.0 Å². The molecule has 0 fully saturated rings. The van der Waals surface area contributed by atoms with Gasteiger partial charge in [-0.1, -0.05) is 25.4 Å². The lowest BCUT2D eigenvalue weighted by atomic mass is 10.1. The Morgan fingerprint density at radius 3 is 2.71 bits per heavy atom. The molecule has 17 heavy (non-hydrogen) atoms. The van der Waals surface area contributed by atoms with Crippen LogP contribution in [0.15, 0.2) is 18.2 Å². The lowest BCUT2D eigenvalue weighted by molar-refractivity contribution is 0.0952. The van der Waals surface area contributed by atoms with Crippen molar-refractivity contribution in [1.29, 1.82) is 0 Å². The molecule has 1 rings (SSSR count). The van der Waals surface area contributed by atoms with E-state index in [4.69, 9.17) is 17.3 Å². The fourth-order valence-electron chi connectivity index (χ4n) is 1.56. The van der Waals surface area contributed by atoms with Crippen LogP contribution in [0.25, 0.3) is 0 Å². The maximum absolute atomic E-state index is 11.8. The Morgan fingerprint density at radius 1 is 1.41 bits per heavy atom. The van der Waals surface area contributed by atoms with Gasteiger partial charge in [0.1, 0.15) is 0 Å². The van der Waals surface area contributed by atoms with Crippen molar-refractivity contribution >= 4 is 23.2 Å². The number of carbonyl (C=O) groups excluding carboxylic acids is 1. The average Bonchev–Trinajstić information content (AvgIpc) is 2.22. The van der Waals surface area contributed by atoms with E-state index in [1.807, 2.05) is 0 Å². The largest absolute Gasteiger partial charge is 0.399 e. The Balaban J connectivity index is 2.47. The molecule has 1 aromatic rings. The van der Waals surface area contributed by atoms with E-state index in [9.17, 15) is 4.79 Å². The van der Waals surface area contributed by atoms with Gasteiger partial charge in [0.15, 0.2) is 0 Å². The lowest BCUT2D eigenvalue weighted by Gasteiger charge is -2.07. The second-order valence-electron chi connectivity index (χ2n) is 4.57. The summed E-state index contributed by atoms with van der Waals surface area (Å²) in [5.41, 5.74) is 6.65. The third-order valence-electron chi connectivity index (χ3n) is 2.43. The fourth-order valence-corrected chi connectivity index (χ4v) is 1.80. The predicted molar refractivity (Wildman–Crippen MR) is 72.3 cm³/mol. The number of hydrogen-bond donors (Lipinski definition) is 2. The van der Waals surface area contributed by atoms with Crippen LogP contribution in [0.1, 0.15) is 37.0 Å². The molecule has 0 heterocycles. The van der Waals surface area contributed by atoms with Gasteiger partial charge in [0.05, 0.1) is 0 Å². The molecule has 3 nitrogen and oxygen atoms in total. The summed E-state index contributed by atoms with van der Waals surface area (Å²) in [4.78, 5) is 11.8. The molecule has 0 unspecified atom stereocenters. The second kappa shape index (κ2) is 6.50. The van der Waals surface area contributed by atoms with Gasteiger partial charge in [-0.25, -0.2) is 0 Å². The molecule has 94 valence electrons. The monoisotopic (exact) mass is 254 g/mol. The van der Waals surface area contributed by atoms with Crippen molar-refractivity contribution in [3.05, 3.63) is 28.8 Å². The Hall–Kier alpha value is -1.22. The zero-order valence-electron chi connectivity index (χ0n) is 10.3. The van der Waals surface area contributed by atoms with Gasteiger partial charge >= 0.3 is 0 Å². The average molecular weight is 255 g/mol. The Bertz CT molecular complexity index is 371. The lowest BCUT2D eigenvalue weighted by Crippen LogP contribution is -2.24. The molecule has 1 amide bonds. The molecular formula is C13H19ClN2O. The highest BCUT2D eigenvalue weighted by Crippen LogP contribution is 2.16. The summed E-state index contributed by atoms with van der Waals surface area (Å²) < 4.78 is 0. The van der Waals surface area contributed by atoms with E-state index < -0.39 is 0 Å². The molecule has 0 bridgehead atoms. The predicted octanol–water partition coefficient (Wildman–Crippen LogP) is 3.09. The van der Waals surface area contributed by atoms with Gasteiger partial charge in [0.2, 0.25) is 0 Å². The quantitative estimate of drug-likeness (QED) is 0.627. The van der Waals surface area contributed by atoms with Crippen molar-refractivity contribution in [2.75, 3.05) is 12.3 Å². The van der Waals surface area contributed by atoms with Crippen LogP contribution >= 0.6 is 11.6 Å². The number of nitrogens with one attached hydrogen (secondary N) is 1. The van der Waals surface area contributed by atoms with Crippen molar-refractivity contribution in [2.24, 2.45) is 5.92 Å². The maximum Gasteiger partial charge on any atom is 0.251 e. The molecule has 0 spiro atoms. The van der Waals surface area contributed by atoms with Gasteiger partial charge in [0, 0.05) is 22.8 Å². The minimum absolute atomic E-state index is 0.122. The fraction of sp³-hybridized carbons (Fsp3) is 0.462. The molecular weight excluding hydrogens is 236 g/mol. The SMILES string of the molecule is CC(C)CCCNC(=O)c1cc(N)cc(Cl)c1. The first-order valence-corrected chi connectivity index (χ1v) is 6.21. The summed E-state index contributed by atoms with van der Waals surface area (Å²) in [7, 11) is 0. The summed E-state index contributed by atoms with van der Waals surface area (Å²) in [5.74, 6) is 0.539. The molecule has 0 aliphatic rings. The van der Waals surface area contributed by atoms with E-state index in [-0.39, 0.29) is 5.91 Å². The van der Waals surface area contributed by atoms with E-state index in [0.29, 0.717) is 28.7 Å². The number of carbonyl (C=O) groups is 1. The number of hydrogen-bond acceptors (Lipinski definition) is 2. The van der Waals surface area contributed by atoms with Gasteiger partial charge < -0.3 is 11.1 Å². The number of halogens is 1. The van der Waals surface area contributed by atoms with Gasteiger partial charge in [-0.3, -0.25) is 4.79 Å². The van der Waals surface area contributed by atoms with Crippen molar-refractivity contribution in [3.63, 3.8) is 0 Å². The molecule has 0 saturated carbocycles. The number of amides is 1. The van der Waals surface area contributed by atoms with Crippen LogP contribution in [0.2, 0.25) is 5.02 Å². The number of nitrogen functional groups attached to an aromatic ring is 1. The summed E-state index contributed by atoms with van der Waals surface area (Å²) in [6.07, 6.45) is 2.09. The minimum atomic E-state index is -0.122. The van der Waals surface area contributed by atoms with Gasteiger partial charge in [-0.2, -0.15) is 0 Å². The third kappa shape index (κ3) is 5.09. The first kappa shape index (κ1) is 13.8. The molecule has 0 aromatic heterocycles. The summed E-state index contributed by atoms with van der Waals surface area (Å²) in [5, 5.41) is 3.34. The molecule has 0 aliphatic carbocycles. The normalized spacial score (nSPS) is 10.6. The standard InChI is InChI=1S/C13H19ClN2O/c1-9(2)4-3-5-16-13(17)10-6-11(14)8-12(15)7-10/h6-9H,3-5,15H2,1-2H3,(H,16,17). The van der Waals surface area contributed by atoms with E-state index in [2.05, 4.69) is 19.2 Å². The highest BCUT2D eigenvalue weighted by molar-refractivity contribution is 6.31. The molecule has 0 radical (unpaired) electrons. The third-order valence-corrected chi connectivity index (χ3v) is 2.64. The molecule has 4 heteroatoms. The zero-order valence-corrected chi connectivity index (χ0v) is 11.1. The van der Waals surface area contributed by atoms with Crippen LogP contribution in [-0.4, -0.2) is 12.5 Å². The molecule has 0 aliphatic heterocycles.